The van der Waals surface area contributed by atoms with Crippen LogP contribution < -0.4 is 10.1 Å². The van der Waals surface area contributed by atoms with Crippen LogP contribution in [-0.2, 0) is 4.79 Å². The average Bonchev–Trinajstić information content (AvgIpc) is 3.15. The number of carbonyl (C=O) groups is 1. The summed E-state index contributed by atoms with van der Waals surface area (Å²) >= 11 is 3.47. The predicted molar refractivity (Wildman–Crippen MR) is 123 cm³/mol. The van der Waals surface area contributed by atoms with Crippen LogP contribution in [0.15, 0.2) is 59.2 Å². The number of ether oxygens (including phenoxy) is 1. The fourth-order valence-corrected chi connectivity index (χ4v) is 4.22. The number of nitrogens with zero attached hydrogens (tertiary/aromatic N) is 5. The molecule has 9 heteroatoms. The van der Waals surface area contributed by atoms with Crippen LogP contribution in [0.25, 0.3) is 17.2 Å². The summed E-state index contributed by atoms with van der Waals surface area (Å²) in [5.74, 6) is 1.46. The zero-order chi connectivity index (χ0) is 22.2. The van der Waals surface area contributed by atoms with Crippen molar-refractivity contribution in [2.24, 2.45) is 0 Å². The third-order valence-electron chi connectivity index (χ3n) is 5.50. The number of aromatic nitrogens is 5. The van der Waals surface area contributed by atoms with Gasteiger partial charge in [0.05, 0.1) is 24.7 Å². The first-order chi connectivity index (χ1) is 15.5. The zero-order valence-electron chi connectivity index (χ0n) is 17.4. The lowest BCUT2D eigenvalue weighted by molar-refractivity contribution is -0.116. The summed E-state index contributed by atoms with van der Waals surface area (Å²) in [7, 11) is 1.62. The second kappa shape index (κ2) is 8.16. The van der Waals surface area contributed by atoms with Gasteiger partial charge in [-0.3, -0.25) is 4.79 Å². The van der Waals surface area contributed by atoms with E-state index in [1.165, 1.54) is 0 Å². The molecule has 2 aromatic carbocycles. The number of anilines is 1. The number of amides is 1. The van der Waals surface area contributed by atoms with E-state index in [4.69, 9.17) is 4.74 Å². The molecule has 2 aromatic heterocycles. The van der Waals surface area contributed by atoms with E-state index in [0.29, 0.717) is 23.9 Å². The molecule has 4 aromatic rings. The highest BCUT2D eigenvalue weighted by Crippen LogP contribution is 2.40. The summed E-state index contributed by atoms with van der Waals surface area (Å²) in [6.45, 7) is 1.93. The van der Waals surface area contributed by atoms with Crippen LogP contribution in [0, 0.1) is 6.92 Å². The maximum absolute atomic E-state index is 12.6. The highest BCUT2D eigenvalue weighted by Gasteiger charge is 2.33. The lowest BCUT2D eigenvalue weighted by atomic mass is 9.86. The van der Waals surface area contributed by atoms with Crippen LogP contribution in [0.3, 0.4) is 0 Å². The minimum absolute atomic E-state index is 0.0779. The molecule has 3 heterocycles. The number of benzene rings is 2. The molecule has 0 bridgehead atoms. The molecule has 5 rings (SSSR count). The Morgan fingerprint density at radius 1 is 1.12 bits per heavy atom. The van der Waals surface area contributed by atoms with E-state index in [2.05, 4.69) is 41.5 Å². The Labute approximate surface area is 192 Å². The molecule has 1 N–H and O–H groups in total. The van der Waals surface area contributed by atoms with Crippen molar-refractivity contribution in [2.75, 3.05) is 12.4 Å². The summed E-state index contributed by atoms with van der Waals surface area (Å²) in [4.78, 5) is 17.2. The van der Waals surface area contributed by atoms with E-state index >= 15 is 0 Å². The van der Waals surface area contributed by atoms with Crippen LogP contribution in [0.5, 0.6) is 5.75 Å². The van der Waals surface area contributed by atoms with Crippen molar-refractivity contribution in [2.45, 2.75) is 19.3 Å². The predicted octanol–water partition coefficient (Wildman–Crippen LogP) is 4.28. The normalized spacial score (nSPS) is 15.2. The average molecular weight is 491 g/mol. The molecule has 1 aliphatic rings. The van der Waals surface area contributed by atoms with Crippen LogP contribution in [0.2, 0.25) is 0 Å². The van der Waals surface area contributed by atoms with Gasteiger partial charge in [-0.15, -0.1) is 5.10 Å². The number of carbonyl (C=O) groups excluding carboxylic acids is 1. The highest BCUT2D eigenvalue weighted by atomic mass is 79.9. The molecule has 0 saturated heterocycles. The topological polar surface area (TPSA) is 94.8 Å². The zero-order valence-corrected chi connectivity index (χ0v) is 19.0. The van der Waals surface area contributed by atoms with E-state index in [0.717, 1.165) is 32.6 Å². The van der Waals surface area contributed by atoms with E-state index < -0.39 is 0 Å². The van der Waals surface area contributed by atoms with Crippen LogP contribution in [0.1, 0.15) is 29.2 Å². The number of methoxy groups -OCH3 is 1. The minimum Gasteiger partial charge on any atom is -0.497 e. The number of hydrogen-bond donors (Lipinski definition) is 1. The largest absolute Gasteiger partial charge is 0.497 e. The molecule has 1 atom stereocenters. The second-order valence-electron chi connectivity index (χ2n) is 7.49. The fourth-order valence-electron chi connectivity index (χ4n) is 3.96. The van der Waals surface area contributed by atoms with Gasteiger partial charge in [-0.1, -0.05) is 28.1 Å². The standard InChI is InChI=1S/C23H19BrN6O2/c1-13-21-18(14-3-7-16(24)8-4-14)11-20(31)27-22(21)30(29-13)23-26-19(12-25-28-23)15-5-9-17(32-2)10-6-15/h3-10,12,18H,11H2,1-2H3,(H,27,31)/t18-/m1/s1. The molecule has 8 nitrogen and oxygen atoms in total. The van der Waals surface area contributed by atoms with Gasteiger partial charge in [0, 0.05) is 27.9 Å². The van der Waals surface area contributed by atoms with Gasteiger partial charge in [-0.05, 0) is 48.9 Å². The van der Waals surface area contributed by atoms with Gasteiger partial charge in [0.25, 0.3) is 5.95 Å². The number of rotatable bonds is 4. The van der Waals surface area contributed by atoms with Gasteiger partial charge < -0.3 is 10.1 Å². The molecule has 1 aliphatic heterocycles. The van der Waals surface area contributed by atoms with E-state index in [1.54, 1.807) is 18.0 Å². The lowest BCUT2D eigenvalue weighted by Crippen LogP contribution is -2.25. The third kappa shape index (κ3) is 3.64. The number of aryl methyl sites for hydroxylation is 1. The fraction of sp³-hybridized carbons (Fsp3) is 0.174. The van der Waals surface area contributed by atoms with E-state index in [9.17, 15) is 4.79 Å². The van der Waals surface area contributed by atoms with E-state index in [-0.39, 0.29) is 11.8 Å². The number of hydrogen-bond acceptors (Lipinski definition) is 6. The Bertz CT molecular complexity index is 1300. The monoisotopic (exact) mass is 490 g/mol. The smallest absolute Gasteiger partial charge is 0.272 e. The first kappa shape index (κ1) is 20.3. The molecule has 0 radical (unpaired) electrons. The maximum atomic E-state index is 12.6. The summed E-state index contributed by atoms with van der Waals surface area (Å²) in [5, 5.41) is 15.9. The van der Waals surface area contributed by atoms with Crippen molar-refractivity contribution in [3.05, 3.63) is 76.0 Å². The third-order valence-corrected chi connectivity index (χ3v) is 6.03. The molecule has 0 fully saturated rings. The van der Waals surface area contributed by atoms with Gasteiger partial charge in [0.1, 0.15) is 11.6 Å². The Morgan fingerprint density at radius 3 is 2.59 bits per heavy atom. The van der Waals surface area contributed by atoms with Gasteiger partial charge in [0.2, 0.25) is 5.91 Å². The molecule has 1 amide bonds. The summed E-state index contributed by atoms with van der Waals surface area (Å²) in [6, 6.07) is 15.5. The molecule has 160 valence electrons. The van der Waals surface area contributed by atoms with Crippen molar-refractivity contribution in [3.8, 4) is 23.0 Å². The molecule has 0 spiro atoms. The van der Waals surface area contributed by atoms with Crippen LogP contribution >= 0.6 is 15.9 Å². The molecular formula is C23H19BrN6O2. The first-order valence-corrected chi connectivity index (χ1v) is 10.8. The van der Waals surface area contributed by atoms with Crippen molar-refractivity contribution in [1.29, 1.82) is 0 Å². The number of fused-ring (bicyclic) bond motifs is 1. The van der Waals surface area contributed by atoms with Crippen LogP contribution in [0.4, 0.5) is 5.82 Å². The Hall–Kier alpha value is -3.59. The van der Waals surface area contributed by atoms with Crippen molar-refractivity contribution in [3.63, 3.8) is 0 Å². The SMILES string of the molecule is COc1ccc(-c2cnnc(-n3nc(C)c4c3NC(=O)C[C@@H]4c3ccc(Br)cc3)n2)cc1. The molecular weight excluding hydrogens is 472 g/mol. The second-order valence-corrected chi connectivity index (χ2v) is 8.40. The quantitative estimate of drug-likeness (QED) is 0.458. The molecule has 32 heavy (non-hydrogen) atoms. The highest BCUT2D eigenvalue weighted by molar-refractivity contribution is 9.10. The summed E-state index contributed by atoms with van der Waals surface area (Å²) in [6.07, 6.45) is 1.95. The van der Waals surface area contributed by atoms with Crippen molar-refractivity contribution < 1.29 is 9.53 Å². The van der Waals surface area contributed by atoms with Gasteiger partial charge in [-0.25, -0.2) is 4.98 Å². The maximum Gasteiger partial charge on any atom is 0.272 e. The van der Waals surface area contributed by atoms with Crippen LogP contribution in [-0.4, -0.2) is 38.0 Å². The molecule has 0 saturated carbocycles. The number of halogens is 1. The Morgan fingerprint density at radius 2 is 1.88 bits per heavy atom. The summed E-state index contributed by atoms with van der Waals surface area (Å²) in [5.41, 5.74) is 4.34. The van der Waals surface area contributed by atoms with Gasteiger partial charge >= 0.3 is 0 Å². The first-order valence-electron chi connectivity index (χ1n) is 10.0. The lowest BCUT2D eigenvalue weighted by Gasteiger charge is -2.24. The van der Waals surface area contributed by atoms with Gasteiger partial charge in [-0.2, -0.15) is 14.9 Å². The minimum atomic E-state index is -0.0988. The van der Waals surface area contributed by atoms with Gasteiger partial charge in [0.15, 0.2) is 0 Å². The molecule has 0 aliphatic carbocycles. The van der Waals surface area contributed by atoms with E-state index in [1.807, 2.05) is 55.5 Å². The Balaban J connectivity index is 1.58. The number of nitrogens with one attached hydrogen (secondary N) is 1. The van der Waals surface area contributed by atoms with Crippen molar-refractivity contribution >= 4 is 27.7 Å². The Kier molecular flexibility index (Phi) is 5.18. The molecule has 0 unspecified atom stereocenters. The summed E-state index contributed by atoms with van der Waals surface area (Å²) < 4.78 is 7.77. The van der Waals surface area contributed by atoms with Crippen molar-refractivity contribution in [1.82, 2.24) is 25.0 Å².